The first-order valence-electron chi connectivity index (χ1n) is 5.59. The van der Waals surface area contributed by atoms with E-state index in [1.807, 2.05) is 37.3 Å². The lowest BCUT2D eigenvalue weighted by Crippen LogP contribution is -2.29. The first kappa shape index (κ1) is 13.1. The van der Waals surface area contributed by atoms with Crippen LogP contribution in [0.4, 0.5) is 0 Å². The molecule has 1 unspecified atom stereocenters. The van der Waals surface area contributed by atoms with E-state index in [1.165, 1.54) is 0 Å². The van der Waals surface area contributed by atoms with E-state index in [9.17, 15) is 4.79 Å². The van der Waals surface area contributed by atoms with E-state index in [0.717, 1.165) is 5.56 Å². The topological polar surface area (TPSA) is 77.9 Å². The second-order valence-corrected chi connectivity index (χ2v) is 3.73. The summed E-state index contributed by atoms with van der Waals surface area (Å²) in [6.07, 6.45) is 0.664. The van der Waals surface area contributed by atoms with Gasteiger partial charge in [0.1, 0.15) is 0 Å². The van der Waals surface area contributed by atoms with Gasteiger partial charge in [-0.3, -0.25) is 4.79 Å². The monoisotopic (exact) mass is 232 g/mol. The van der Waals surface area contributed by atoms with Crippen molar-refractivity contribution in [2.24, 2.45) is 5.11 Å². The molecule has 1 atom stereocenters. The molecule has 1 amide bonds. The lowest BCUT2D eigenvalue weighted by Gasteiger charge is -2.11. The third-order valence-electron chi connectivity index (χ3n) is 2.49. The van der Waals surface area contributed by atoms with Crippen molar-refractivity contribution < 1.29 is 4.79 Å². The van der Waals surface area contributed by atoms with Gasteiger partial charge in [-0.15, -0.1) is 0 Å². The third-order valence-corrected chi connectivity index (χ3v) is 2.49. The highest BCUT2D eigenvalue weighted by atomic mass is 16.1. The van der Waals surface area contributed by atoms with E-state index in [1.54, 1.807) is 0 Å². The minimum absolute atomic E-state index is 0.00265. The van der Waals surface area contributed by atoms with Gasteiger partial charge in [-0.1, -0.05) is 35.4 Å². The van der Waals surface area contributed by atoms with E-state index in [0.29, 0.717) is 19.5 Å². The molecule has 17 heavy (non-hydrogen) atoms. The van der Waals surface area contributed by atoms with Crippen molar-refractivity contribution in [2.45, 2.75) is 19.3 Å². The summed E-state index contributed by atoms with van der Waals surface area (Å²) in [6.45, 7) is 2.82. The van der Waals surface area contributed by atoms with Crippen LogP contribution in [0, 0.1) is 0 Å². The van der Waals surface area contributed by atoms with Crippen molar-refractivity contribution in [1.29, 1.82) is 0 Å². The second kappa shape index (κ2) is 7.30. The van der Waals surface area contributed by atoms with E-state index in [-0.39, 0.29) is 11.8 Å². The fourth-order valence-corrected chi connectivity index (χ4v) is 1.45. The molecule has 0 spiro atoms. The summed E-state index contributed by atoms with van der Waals surface area (Å²) >= 11 is 0. The van der Waals surface area contributed by atoms with Gasteiger partial charge in [-0.05, 0) is 24.4 Å². The molecule has 0 aromatic heterocycles. The zero-order valence-corrected chi connectivity index (χ0v) is 9.84. The van der Waals surface area contributed by atoms with Crippen LogP contribution in [0.2, 0.25) is 0 Å². The average molecular weight is 232 g/mol. The van der Waals surface area contributed by atoms with Crippen molar-refractivity contribution in [1.82, 2.24) is 5.32 Å². The number of azide groups is 1. The van der Waals surface area contributed by atoms with Crippen LogP contribution in [-0.4, -0.2) is 19.0 Å². The Labute approximate surface area is 100 Å². The quantitative estimate of drug-likeness (QED) is 0.348. The number of nitrogens with one attached hydrogen (secondary N) is 1. The summed E-state index contributed by atoms with van der Waals surface area (Å²) in [5.41, 5.74) is 9.08. The predicted molar refractivity (Wildman–Crippen MR) is 66.5 cm³/mol. The molecule has 0 bridgehead atoms. The Morgan fingerprint density at radius 1 is 1.47 bits per heavy atom. The van der Waals surface area contributed by atoms with Gasteiger partial charge in [-0.25, -0.2) is 0 Å². The largest absolute Gasteiger partial charge is 0.356 e. The predicted octanol–water partition coefficient (Wildman–Crippen LogP) is 2.61. The number of hydrogen-bond donors (Lipinski definition) is 1. The second-order valence-electron chi connectivity index (χ2n) is 3.73. The molecular weight excluding hydrogens is 216 g/mol. The van der Waals surface area contributed by atoms with Crippen molar-refractivity contribution in [3.05, 3.63) is 46.3 Å². The Balaban J connectivity index is 2.35. The summed E-state index contributed by atoms with van der Waals surface area (Å²) in [5.74, 6) is -0.159. The molecule has 0 heterocycles. The smallest absolute Gasteiger partial charge is 0.227 e. The Morgan fingerprint density at radius 3 is 2.82 bits per heavy atom. The Bertz CT molecular complexity index is 398. The number of benzene rings is 1. The van der Waals surface area contributed by atoms with Crippen LogP contribution < -0.4 is 5.32 Å². The summed E-state index contributed by atoms with van der Waals surface area (Å²) in [6, 6.07) is 9.63. The van der Waals surface area contributed by atoms with Crippen LogP contribution in [0.3, 0.4) is 0 Å². The van der Waals surface area contributed by atoms with Crippen molar-refractivity contribution in [3.8, 4) is 0 Å². The maximum Gasteiger partial charge on any atom is 0.227 e. The van der Waals surface area contributed by atoms with Crippen molar-refractivity contribution in [3.63, 3.8) is 0 Å². The van der Waals surface area contributed by atoms with Crippen LogP contribution in [0.25, 0.3) is 10.4 Å². The van der Waals surface area contributed by atoms with Gasteiger partial charge in [0.25, 0.3) is 0 Å². The first-order valence-corrected chi connectivity index (χ1v) is 5.59. The van der Waals surface area contributed by atoms with E-state index in [2.05, 4.69) is 15.3 Å². The Morgan fingerprint density at radius 2 is 2.18 bits per heavy atom. The summed E-state index contributed by atoms with van der Waals surface area (Å²) in [5, 5.41) is 6.22. The lowest BCUT2D eigenvalue weighted by atomic mass is 10.0. The van der Waals surface area contributed by atoms with Gasteiger partial charge in [-0.2, -0.15) is 0 Å². The van der Waals surface area contributed by atoms with E-state index in [4.69, 9.17) is 5.53 Å². The molecule has 1 aromatic rings. The van der Waals surface area contributed by atoms with Crippen LogP contribution >= 0.6 is 0 Å². The van der Waals surface area contributed by atoms with Crippen LogP contribution in [0.5, 0.6) is 0 Å². The average Bonchev–Trinajstić information content (AvgIpc) is 2.38. The molecule has 0 aliphatic rings. The SMILES string of the molecule is CC(C(=O)NCCCN=[N+]=[N-])c1ccccc1. The highest BCUT2D eigenvalue weighted by molar-refractivity contribution is 5.83. The minimum atomic E-state index is -0.157. The van der Waals surface area contributed by atoms with Crippen molar-refractivity contribution >= 4 is 5.91 Å². The molecule has 0 saturated heterocycles. The van der Waals surface area contributed by atoms with Crippen LogP contribution in [0.15, 0.2) is 35.4 Å². The van der Waals surface area contributed by atoms with Crippen LogP contribution in [-0.2, 0) is 4.79 Å². The Kier molecular flexibility index (Phi) is 5.61. The number of carbonyl (C=O) groups is 1. The molecule has 0 radical (unpaired) electrons. The highest BCUT2D eigenvalue weighted by Crippen LogP contribution is 2.14. The molecule has 0 saturated carbocycles. The summed E-state index contributed by atoms with van der Waals surface area (Å²) in [7, 11) is 0. The van der Waals surface area contributed by atoms with E-state index >= 15 is 0 Å². The van der Waals surface area contributed by atoms with Gasteiger partial charge in [0.05, 0.1) is 5.92 Å². The molecule has 90 valence electrons. The number of amides is 1. The molecule has 0 fully saturated rings. The van der Waals surface area contributed by atoms with E-state index < -0.39 is 0 Å². The maximum absolute atomic E-state index is 11.8. The summed E-state index contributed by atoms with van der Waals surface area (Å²) in [4.78, 5) is 14.4. The van der Waals surface area contributed by atoms with Gasteiger partial charge >= 0.3 is 0 Å². The Hall–Kier alpha value is -2.00. The lowest BCUT2D eigenvalue weighted by molar-refractivity contribution is -0.122. The van der Waals surface area contributed by atoms with Gasteiger partial charge in [0.15, 0.2) is 0 Å². The van der Waals surface area contributed by atoms with Gasteiger partial charge in [0.2, 0.25) is 5.91 Å². The molecule has 5 heteroatoms. The maximum atomic E-state index is 11.8. The summed E-state index contributed by atoms with van der Waals surface area (Å²) < 4.78 is 0. The fourth-order valence-electron chi connectivity index (χ4n) is 1.45. The number of hydrogen-bond acceptors (Lipinski definition) is 2. The standard InChI is InChI=1S/C12H16N4O/c1-10(11-6-3-2-4-7-11)12(17)14-8-5-9-15-16-13/h2-4,6-7,10H,5,8-9H2,1H3,(H,14,17). The zero-order valence-electron chi connectivity index (χ0n) is 9.84. The normalized spacial score (nSPS) is 11.4. The third kappa shape index (κ3) is 4.57. The highest BCUT2D eigenvalue weighted by Gasteiger charge is 2.13. The molecule has 0 aliphatic carbocycles. The number of nitrogens with zero attached hydrogens (tertiary/aromatic N) is 3. The molecule has 1 rings (SSSR count). The van der Waals surface area contributed by atoms with Gasteiger partial charge in [0, 0.05) is 18.0 Å². The number of carbonyl (C=O) groups excluding carboxylic acids is 1. The minimum Gasteiger partial charge on any atom is -0.356 e. The molecule has 5 nitrogen and oxygen atoms in total. The van der Waals surface area contributed by atoms with Crippen LogP contribution in [0.1, 0.15) is 24.8 Å². The molecule has 1 N–H and O–H groups in total. The van der Waals surface area contributed by atoms with Crippen molar-refractivity contribution in [2.75, 3.05) is 13.1 Å². The fraction of sp³-hybridized carbons (Fsp3) is 0.417. The van der Waals surface area contributed by atoms with Gasteiger partial charge < -0.3 is 5.32 Å². The molecular formula is C12H16N4O. The zero-order chi connectivity index (χ0) is 12.5. The first-order chi connectivity index (χ1) is 8.25. The molecule has 1 aromatic carbocycles. The number of rotatable bonds is 6. The molecule has 0 aliphatic heterocycles.